The third kappa shape index (κ3) is 3.99. The Hall–Kier alpha value is -3.38. The molecule has 3 aromatic rings. The maximum absolute atomic E-state index is 13.5. The molecular weight excluding hydrogens is 408 g/mol. The molecule has 5 nitrogen and oxygen atoms in total. The minimum absolute atomic E-state index is 0.147. The van der Waals surface area contributed by atoms with E-state index < -0.39 is 15.8 Å². The van der Waals surface area contributed by atoms with Gasteiger partial charge in [0.05, 0.1) is 12.2 Å². The first-order valence-corrected chi connectivity index (χ1v) is 11.5. The molecule has 31 heavy (non-hydrogen) atoms. The molecule has 0 atom stereocenters. The van der Waals surface area contributed by atoms with Gasteiger partial charge in [0.25, 0.3) is 10.0 Å². The number of benzene rings is 3. The van der Waals surface area contributed by atoms with E-state index in [1.807, 2.05) is 63.2 Å². The number of carbonyl (C=O) groups excluding carboxylic acids is 1. The molecule has 0 fully saturated rings. The maximum atomic E-state index is 13.5. The summed E-state index contributed by atoms with van der Waals surface area (Å²) in [6.07, 6.45) is 1.31. The summed E-state index contributed by atoms with van der Waals surface area (Å²) in [5.74, 6) is -0.507. The van der Waals surface area contributed by atoms with Crippen molar-refractivity contribution in [2.45, 2.75) is 27.3 Å². The number of allylic oxidation sites excluding steroid dienone is 1. The average molecular weight is 433 g/mol. The zero-order valence-corrected chi connectivity index (χ0v) is 18.5. The largest absolute Gasteiger partial charge is 0.360 e. The number of rotatable bonds is 4. The Balaban J connectivity index is 1.76. The van der Waals surface area contributed by atoms with Crippen molar-refractivity contribution in [3.63, 3.8) is 0 Å². The quantitative estimate of drug-likeness (QED) is 0.583. The fourth-order valence-corrected chi connectivity index (χ4v) is 5.06. The molecule has 0 bridgehead atoms. The standard InChI is InChI=1S/C25H24N2O3S/c1-17-8-11-20(12-9-17)16-27-23-7-5-4-6-22(23)25(28)24(31(27,29)30)15-26-21-13-10-18(2)19(3)14-21/h4-15,26H,16H2,1-3H3. The summed E-state index contributed by atoms with van der Waals surface area (Å²) in [6.45, 7) is 6.12. The second-order valence-corrected chi connectivity index (χ2v) is 9.63. The highest BCUT2D eigenvalue weighted by atomic mass is 32.2. The molecule has 1 aliphatic rings. The van der Waals surface area contributed by atoms with E-state index in [0.29, 0.717) is 11.3 Å². The number of ketones is 1. The molecule has 0 saturated carbocycles. The predicted molar refractivity (Wildman–Crippen MR) is 125 cm³/mol. The molecule has 1 N–H and O–H groups in total. The van der Waals surface area contributed by atoms with E-state index in [2.05, 4.69) is 5.32 Å². The number of sulfonamides is 1. The van der Waals surface area contributed by atoms with Crippen molar-refractivity contribution in [2.75, 3.05) is 9.62 Å². The number of fused-ring (bicyclic) bond motifs is 1. The summed E-state index contributed by atoms with van der Waals surface area (Å²) < 4.78 is 28.3. The van der Waals surface area contributed by atoms with Gasteiger partial charge in [-0.2, -0.15) is 0 Å². The van der Waals surface area contributed by atoms with Gasteiger partial charge in [0, 0.05) is 17.5 Å². The lowest BCUT2D eigenvalue weighted by atomic mass is 10.1. The van der Waals surface area contributed by atoms with Gasteiger partial charge in [-0.05, 0) is 61.7 Å². The molecule has 0 saturated heterocycles. The van der Waals surface area contributed by atoms with Gasteiger partial charge in [-0.25, -0.2) is 8.42 Å². The van der Waals surface area contributed by atoms with E-state index in [4.69, 9.17) is 0 Å². The zero-order valence-electron chi connectivity index (χ0n) is 17.7. The normalized spacial score (nSPS) is 16.3. The third-order valence-corrected chi connectivity index (χ3v) is 7.30. The van der Waals surface area contributed by atoms with E-state index >= 15 is 0 Å². The molecule has 4 rings (SSSR count). The van der Waals surface area contributed by atoms with Gasteiger partial charge in [-0.1, -0.05) is 48.0 Å². The van der Waals surface area contributed by atoms with Crippen molar-refractivity contribution < 1.29 is 13.2 Å². The number of Topliss-reactive ketones (excluding diaryl/α,β-unsaturated/α-hetero) is 1. The molecule has 6 heteroatoms. The molecule has 0 radical (unpaired) electrons. The van der Waals surface area contributed by atoms with Crippen LogP contribution in [-0.2, 0) is 16.6 Å². The summed E-state index contributed by atoms with van der Waals surface area (Å²) in [6, 6.07) is 20.3. The Bertz CT molecular complexity index is 1290. The molecule has 0 spiro atoms. The molecule has 3 aromatic carbocycles. The van der Waals surface area contributed by atoms with Crippen molar-refractivity contribution in [3.8, 4) is 0 Å². The van der Waals surface area contributed by atoms with Crippen LogP contribution in [-0.4, -0.2) is 14.2 Å². The Labute approximate surface area is 183 Å². The van der Waals surface area contributed by atoms with Crippen LogP contribution < -0.4 is 9.62 Å². The highest BCUT2D eigenvalue weighted by molar-refractivity contribution is 7.97. The van der Waals surface area contributed by atoms with Gasteiger partial charge in [0.2, 0.25) is 5.78 Å². The Morgan fingerprint density at radius 3 is 2.32 bits per heavy atom. The summed E-state index contributed by atoms with van der Waals surface area (Å²) in [5, 5.41) is 3.00. The molecule has 1 heterocycles. The van der Waals surface area contributed by atoms with Crippen LogP contribution in [0.2, 0.25) is 0 Å². The Kier molecular flexibility index (Phi) is 5.41. The highest BCUT2D eigenvalue weighted by Crippen LogP contribution is 2.36. The van der Waals surface area contributed by atoms with Gasteiger partial charge in [0.1, 0.15) is 0 Å². The minimum atomic E-state index is -4.04. The highest BCUT2D eigenvalue weighted by Gasteiger charge is 2.40. The SMILES string of the molecule is Cc1ccc(CN2c3ccccc3C(=O)C(=CNc3ccc(C)c(C)c3)S2(=O)=O)cc1. The van der Waals surface area contributed by atoms with Crippen molar-refractivity contribution >= 4 is 27.2 Å². The van der Waals surface area contributed by atoms with Gasteiger partial charge in [0.15, 0.2) is 4.91 Å². The number of hydrogen-bond acceptors (Lipinski definition) is 4. The second-order valence-electron chi connectivity index (χ2n) is 7.80. The van der Waals surface area contributed by atoms with Crippen LogP contribution in [0.5, 0.6) is 0 Å². The molecule has 0 unspecified atom stereocenters. The first-order chi connectivity index (χ1) is 14.8. The lowest BCUT2D eigenvalue weighted by Gasteiger charge is -2.31. The fourth-order valence-electron chi connectivity index (χ4n) is 3.53. The van der Waals surface area contributed by atoms with E-state index in [1.54, 1.807) is 24.3 Å². The van der Waals surface area contributed by atoms with Crippen molar-refractivity contribution in [2.24, 2.45) is 0 Å². The fraction of sp³-hybridized carbons (Fsp3) is 0.160. The van der Waals surface area contributed by atoms with Crippen molar-refractivity contribution in [1.82, 2.24) is 0 Å². The summed E-state index contributed by atoms with van der Waals surface area (Å²) in [5.41, 5.74) is 5.65. The molecule has 0 aliphatic carbocycles. The average Bonchev–Trinajstić information content (AvgIpc) is 2.75. The van der Waals surface area contributed by atoms with Crippen molar-refractivity contribution in [3.05, 3.63) is 106 Å². The van der Waals surface area contributed by atoms with E-state index in [0.717, 1.165) is 27.9 Å². The number of nitrogens with one attached hydrogen (secondary N) is 1. The maximum Gasteiger partial charge on any atom is 0.270 e. The summed E-state index contributed by atoms with van der Waals surface area (Å²) in [4.78, 5) is 12.8. The molecule has 0 amide bonds. The molecular formula is C25H24N2O3S. The Morgan fingerprint density at radius 1 is 0.903 bits per heavy atom. The first kappa shape index (κ1) is 20.9. The zero-order chi connectivity index (χ0) is 22.2. The van der Waals surface area contributed by atoms with Gasteiger partial charge in [-0.3, -0.25) is 9.10 Å². The Morgan fingerprint density at radius 2 is 1.61 bits per heavy atom. The number of anilines is 2. The predicted octanol–water partition coefficient (Wildman–Crippen LogP) is 5.10. The van der Waals surface area contributed by atoms with Crippen LogP contribution in [0.3, 0.4) is 0 Å². The van der Waals surface area contributed by atoms with Crippen LogP contribution in [0.4, 0.5) is 11.4 Å². The van der Waals surface area contributed by atoms with Crippen LogP contribution >= 0.6 is 0 Å². The van der Waals surface area contributed by atoms with E-state index in [-0.39, 0.29) is 11.4 Å². The van der Waals surface area contributed by atoms with Gasteiger partial charge >= 0.3 is 0 Å². The van der Waals surface area contributed by atoms with Crippen LogP contribution in [0.15, 0.2) is 77.8 Å². The summed E-state index contributed by atoms with van der Waals surface area (Å²) >= 11 is 0. The van der Waals surface area contributed by atoms with Crippen LogP contribution in [0, 0.1) is 20.8 Å². The topological polar surface area (TPSA) is 66.5 Å². The van der Waals surface area contributed by atoms with Gasteiger partial charge < -0.3 is 5.32 Å². The molecule has 158 valence electrons. The number of hydrogen-bond donors (Lipinski definition) is 1. The van der Waals surface area contributed by atoms with E-state index in [1.165, 1.54) is 10.5 Å². The monoisotopic (exact) mass is 432 g/mol. The minimum Gasteiger partial charge on any atom is -0.360 e. The van der Waals surface area contributed by atoms with E-state index in [9.17, 15) is 13.2 Å². The number of nitrogens with zero attached hydrogens (tertiary/aromatic N) is 1. The second kappa shape index (κ2) is 8.04. The van der Waals surface area contributed by atoms with Crippen LogP contribution in [0.1, 0.15) is 32.6 Å². The van der Waals surface area contributed by atoms with Crippen molar-refractivity contribution in [1.29, 1.82) is 0 Å². The lowest BCUT2D eigenvalue weighted by molar-refractivity contribution is 0.104. The number of para-hydroxylation sites is 1. The number of aryl methyl sites for hydroxylation is 3. The summed E-state index contributed by atoms with van der Waals surface area (Å²) in [7, 11) is -4.04. The van der Waals surface area contributed by atoms with Crippen LogP contribution in [0.25, 0.3) is 0 Å². The number of carbonyl (C=O) groups is 1. The smallest absolute Gasteiger partial charge is 0.270 e. The van der Waals surface area contributed by atoms with Gasteiger partial charge in [-0.15, -0.1) is 0 Å². The third-order valence-electron chi connectivity index (χ3n) is 5.53. The lowest BCUT2D eigenvalue weighted by Crippen LogP contribution is -2.39. The molecule has 1 aliphatic heterocycles. The molecule has 0 aromatic heterocycles. The first-order valence-electron chi connectivity index (χ1n) is 10.0.